The fourth-order valence-corrected chi connectivity index (χ4v) is 5.10. The molecule has 4 rings (SSSR count). The second-order valence-corrected chi connectivity index (χ2v) is 9.12. The van der Waals surface area contributed by atoms with Crippen LogP contribution < -0.4 is 10.5 Å². The number of aryl methyl sites for hydroxylation is 1. The lowest BCUT2D eigenvalue weighted by atomic mass is 10.0. The third kappa shape index (κ3) is 5.88. The van der Waals surface area contributed by atoms with E-state index in [0.29, 0.717) is 18.4 Å². The number of nitrogen functional groups attached to an aromatic ring is 1. The first-order valence-corrected chi connectivity index (χ1v) is 12.0. The zero-order valence-corrected chi connectivity index (χ0v) is 19.0. The maximum Gasteiger partial charge on any atom is 0.142 e. The first kappa shape index (κ1) is 21.9. The van der Waals surface area contributed by atoms with Gasteiger partial charge in [-0.3, -0.25) is 0 Å². The largest absolute Gasteiger partial charge is 0.491 e. The number of hydrogen-bond acceptors (Lipinski definition) is 5. The molecule has 1 fully saturated rings. The second kappa shape index (κ2) is 10.8. The van der Waals surface area contributed by atoms with Crippen LogP contribution in [-0.4, -0.2) is 37.2 Å². The standard InChI is InChI=1S/C26H32N2O2S/c1-20-14-19-31-26(20)25(21-8-3-2-4-9-21)30-22-12-16-28(17-13-22)15-7-18-29-24-11-6-5-10-23(24)27/h2-6,8-11,14,19,22,25H,7,12-13,15-18,27H2,1H3. The fraction of sp³-hybridized carbons (Fsp3) is 0.385. The molecule has 3 aromatic rings. The molecule has 1 saturated heterocycles. The summed E-state index contributed by atoms with van der Waals surface area (Å²) in [6.07, 6.45) is 3.47. The molecule has 164 valence electrons. The summed E-state index contributed by atoms with van der Waals surface area (Å²) in [6, 6.07) is 20.5. The highest BCUT2D eigenvalue weighted by molar-refractivity contribution is 7.10. The minimum absolute atomic E-state index is 0.0301. The van der Waals surface area contributed by atoms with Gasteiger partial charge in [0.1, 0.15) is 11.9 Å². The van der Waals surface area contributed by atoms with E-state index in [1.807, 2.05) is 24.3 Å². The molecule has 1 aromatic heterocycles. The third-order valence-electron chi connectivity index (χ3n) is 5.90. The van der Waals surface area contributed by atoms with E-state index in [2.05, 4.69) is 53.6 Å². The molecule has 1 atom stereocenters. The van der Waals surface area contributed by atoms with Crippen LogP contribution in [0.2, 0.25) is 0 Å². The van der Waals surface area contributed by atoms with Gasteiger partial charge in [-0.05, 0) is 60.9 Å². The zero-order valence-electron chi connectivity index (χ0n) is 18.2. The van der Waals surface area contributed by atoms with Crippen LogP contribution in [0.4, 0.5) is 5.69 Å². The Morgan fingerprint density at radius 1 is 1.03 bits per heavy atom. The van der Waals surface area contributed by atoms with Crippen LogP contribution in [0.25, 0.3) is 0 Å². The highest BCUT2D eigenvalue weighted by Gasteiger charge is 2.26. The van der Waals surface area contributed by atoms with Crippen molar-refractivity contribution in [2.24, 2.45) is 0 Å². The maximum absolute atomic E-state index is 6.69. The Hall–Kier alpha value is -2.34. The average molecular weight is 437 g/mol. The minimum Gasteiger partial charge on any atom is -0.491 e. The molecule has 1 unspecified atom stereocenters. The first-order chi connectivity index (χ1) is 15.2. The van der Waals surface area contributed by atoms with Crippen molar-refractivity contribution >= 4 is 17.0 Å². The van der Waals surface area contributed by atoms with Crippen LogP contribution in [0, 0.1) is 6.92 Å². The molecule has 0 bridgehead atoms. The molecule has 0 amide bonds. The number of piperidine rings is 1. The van der Waals surface area contributed by atoms with Gasteiger partial charge < -0.3 is 20.1 Å². The topological polar surface area (TPSA) is 47.7 Å². The summed E-state index contributed by atoms with van der Waals surface area (Å²) in [5.41, 5.74) is 9.20. The van der Waals surface area contributed by atoms with Crippen LogP contribution in [-0.2, 0) is 4.74 Å². The zero-order chi connectivity index (χ0) is 21.5. The Morgan fingerprint density at radius 3 is 2.48 bits per heavy atom. The van der Waals surface area contributed by atoms with Crippen LogP contribution in [0.15, 0.2) is 66.0 Å². The number of nitrogens with two attached hydrogens (primary N) is 1. The van der Waals surface area contributed by atoms with Gasteiger partial charge in [0.25, 0.3) is 0 Å². The summed E-state index contributed by atoms with van der Waals surface area (Å²) in [5.74, 6) is 0.783. The Labute approximate surface area is 189 Å². The van der Waals surface area contributed by atoms with Crippen LogP contribution in [0.3, 0.4) is 0 Å². The van der Waals surface area contributed by atoms with E-state index in [4.69, 9.17) is 15.2 Å². The van der Waals surface area contributed by atoms with Gasteiger partial charge in [0, 0.05) is 24.5 Å². The summed E-state index contributed by atoms with van der Waals surface area (Å²) < 4.78 is 12.5. The molecule has 1 aliphatic rings. The van der Waals surface area contributed by atoms with Gasteiger partial charge in [0.2, 0.25) is 0 Å². The molecule has 31 heavy (non-hydrogen) atoms. The van der Waals surface area contributed by atoms with Crippen LogP contribution >= 0.6 is 11.3 Å². The molecule has 2 heterocycles. The number of nitrogens with zero attached hydrogens (tertiary/aromatic N) is 1. The van der Waals surface area contributed by atoms with Crippen molar-refractivity contribution < 1.29 is 9.47 Å². The average Bonchev–Trinajstić information content (AvgIpc) is 3.23. The number of ether oxygens (including phenoxy) is 2. The lowest BCUT2D eigenvalue weighted by Gasteiger charge is -2.34. The number of benzene rings is 2. The van der Waals surface area contributed by atoms with Crippen molar-refractivity contribution in [2.45, 2.75) is 38.4 Å². The molecule has 0 spiro atoms. The molecule has 0 radical (unpaired) electrons. The Morgan fingerprint density at radius 2 is 1.77 bits per heavy atom. The van der Waals surface area contributed by atoms with Crippen molar-refractivity contribution in [3.63, 3.8) is 0 Å². The van der Waals surface area contributed by atoms with Crippen LogP contribution in [0.1, 0.15) is 41.4 Å². The monoisotopic (exact) mass is 436 g/mol. The van der Waals surface area contributed by atoms with E-state index in [0.717, 1.165) is 44.6 Å². The molecule has 0 aliphatic carbocycles. The van der Waals surface area contributed by atoms with Gasteiger partial charge in [-0.2, -0.15) is 0 Å². The van der Waals surface area contributed by atoms with Crippen molar-refractivity contribution in [3.8, 4) is 5.75 Å². The van der Waals surface area contributed by atoms with E-state index in [1.54, 1.807) is 11.3 Å². The van der Waals surface area contributed by atoms with Gasteiger partial charge in [-0.1, -0.05) is 42.5 Å². The lowest BCUT2D eigenvalue weighted by Crippen LogP contribution is -2.38. The molecule has 2 N–H and O–H groups in total. The fourth-order valence-electron chi connectivity index (χ4n) is 4.12. The smallest absolute Gasteiger partial charge is 0.142 e. The number of para-hydroxylation sites is 2. The quantitative estimate of drug-likeness (QED) is 0.346. The second-order valence-electron chi connectivity index (χ2n) is 8.18. The van der Waals surface area contributed by atoms with E-state index in [1.165, 1.54) is 16.0 Å². The Kier molecular flexibility index (Phi) is 7.62. The summed E-state index contributed by atoms with van der Waals surface area (Å²) >= 11 is 1.80. The van der Waals surface area contributed by atoms with E-state index in [9.17, 15) is 0 Å². The molecule has 5 heteroatoms. The highest BCUT2D eigenvalue weighted by atomic mass is 32.1. The molecule has 2 aromatic carbocycles. The number of thiophene rings is 1. The maximum atomic E-state index is 6.69. The molecular weight excluding hydrogens is 404 g/mol. The van der Waals surface area contributed by atoms with Gasteiger partial charge >= 0.3 is 0 Å². The number of rotatable bonds is 9. The van der Waals surface area contributed by atoms with E-state index >= 15 is 0 Å². The number of anilines is 1. The van der Waals surface area contributed by atoms with Crippen molar-refractivity contribution in [1.29, 1.82) is 0 Å². The molecule has 0 saturated carbocycles. The lowest BCUT2D eigenvalue weighted by molar-refractivity contribution is -0.0262. The Bertz CT molecular complexity index is 935. The van der Waals surface area contributed by atoms with E-state index in [-0.39, 0.29) is 6.10 Å². The summed E-state index contributed by atoms with van der Waals surface area (Å²) in [4.78, 5) is 3.84. The van der Waals surface area contributed by atoms with E-state index < -0.39 is 0 Å². The van der Waals surface area contributed by atoms with Gasteiger partial charge in [0.05, 0.1) is 18.4 Å². The molecular formula is C26H32N2O2S. The van der Waals surface area contributed by atoms with Gasteiger partial charge in [-0.25, -0.2) is 0 Å². The number of hydrogen-bond donors (Lipinski definition) is 1. The SMILES string of the molecule is Cc1ccsc1C(OC1CCN(CCCOc2ccccc2N)CC1)c1ccccc1. The first-order valence-electron chi connectivity index (χ1n) is 11.1. The summed E-state index contributed by atoms with van der Waals surface area (Å²) in [6.45, 7) is 6.06. The predicted octanol–water partition coefficient (Wildman–Crippen LogP) is 5.68. The Balaban J connectivity index is 1.25. The van der Waals surface area contributed by atoms with Gasteiger partial charge in [0.15, 0.2) is 0 Å². The normalized spacial score (nSPS) is 16.3. The van der Waals surface area contributed by atoms with Crippen molar-refractivity contribution in [2.75, 3.05) is 32.0 Å². The van der Waals surface area contributed by atoms with Crippen molar-refractivity contribution in [3.05, 3.63) is 82.0 Å². The minimum atomic E-state index is 0.0301. The van der Waals surface area contributed by atoms with Crippen molar-refractivity contribution in [1.82, 2.24) is 4.90 Å². The van der Waals surface area contributed by atoms with Gasteiger partial charge in [-0.15, -0.1) is 11.3 Å². The number of likely N-dealkylation sites (tertiary alicyclic amines) is 1. The van der Waals surface area contributed by atoms with Crippen LogP contribution in [0.5, 0.6) is 5.75 Å². The molecule has 1 aliphatic heterocycles. The summed E-state index contributed by atoms with van der Waals surface area (Å²) in [5, 5.41) is 2.16. The third-order valence-corrected chi connectivity index (χ3v) is 6.96. The highest BCUT2D eigenvalue weighted by Crippen LogP contribution is 2.35. The summed E-state index contributed by atoms with van der Waals surface area (Å²) in [7, 11) is 0. The molecule has 4 nitrogen and oxygen atoms in total. The predicted molar refractivity (Wildman–Crippen MR) is 129 cm³/mol.